The van der Waals surface area contributed by atoms with E-state index in [0.29, 0.717) is 24.4 Å². The number of amides is 3. The average molecular weight is 385 g/mol. The average Bonchev–Trinajstić information content (AvgIpc) is 3.03. The lowest BCUT2D eigenvalue weighted by Gasteiger charge is -2.35. The minimum atomic E-state index is -0.574. The molecule has 3 aliphatic heterocycles. The van der Waals surface area contributed by atoms with E-state index in [9.17, 15) is 14.4 Å². The predicted molar refractivity (Wildman–Crippen MR) is 104 cm³/mol. The summed E-state index contributed by atoms with van der Waals surface area (Å²) in [5.74, 6) is -0.107. The second kappa shape index (κ2) is 7.91. The molecule has 2 fully saturated rings. The van der Waals surface area contributed by atoms with Crippen molar-refractivity contribution in [3.05, 3.63) is 29.3 Å². The van der Waals surface area contributed by atoms with E-state index in [-0.39, 0.29) is 30.7 Å². The number of imide groups is 1. The smallest absolute Gasteiger partial charge is 0.255 e. The maximum absolute atomic E-state index is 12.9. The first-order valence-corrected chi connectivity index (χ1v) is 10.2. The number of nitrogens with zero attached hydrogens (tertiary/aromatic N) is 2. The van der Waals surface area contributed by atoms with E-state index in [2.05, 4.69) is 16.3 Å². The molecule has 7 heteroatoms. The van der Waals surface area contributed by atoms with Crippen molar-refractivity contribution >= 4 is 23.4 Å². The second-order valence-corrected chi connectivity index (χ2v) is 8.00. The number of carbonyl (C=O) groups excluding carboxylic acids is 3. The zero-order valence-corrected chi connectivity index (χ0v) is 16.0. The number of nitrogens with one attached hydrogen (secondary N) is 1. The molecule has 1 aromatic carbocycles. The molecule has 7 nitrogen and oxygen atoms in total. The molecule has 0 radical (unpaired) electrons. The largest absolute Gasteiger partial charge is 0.396 e. The van der Waals surface area contributed by atoms with Crippen LogP contribution in [0.4, 0.5) is 5.69 Å². The molecule has 28 heavy (non-hydrogen) atoms. The van der Waals surface area contributed by atoms with Gasteiger partial charge in [-0.05, 0) is 50.2 Å². The Balaban J connectivity index is 1.49. The minimum Gasteiger partial charge on any atom is -0.396 e. The molecule has 1 unspecified atom stereocenters. The third-order valence-corrected chi connectivity index (χ3v) is 6.28. The fourth-order valence-electron chi connectivity index (χ4n) is 4.71. The topological polar surface area (TPSA) is 90.0 Å². The van der Waals surface area contributed by atoms with Gasteiger partial charge in [-0.3, -0.25) is 19.7 Å². The van der Waals surface area contributed by atoms with Gasteiger partial charge in [-0.25, -0.2) is 0 Å². The molecule has 0 aromatic heterocycles. The fraction of sp³-hybridized carbons (Fsp3) is 0.571. The molecule has 1 atom stereocenters. The Bertz CT molecular complexity index is 786. The Morgan fingerprint density at radius 3 is 2.61 bits per heavy atom. The lowest BCUT2D eigenvalue weighted by molar-refractivity contribution is -0.136. The summed E-state index contributed by atoms with van der Waals surface area (Å²) in [7, 11) is 0. The minimum absolute atomic E-state index is 0.121. The van der Waals surface area contributed by atoms with E-state index in [4.69, 9.17) is 5.11 Å². The quantitative estimate of drug-likeness (QED) is 0.749. The number of benzene rings is 1. The van der Waals surface area contributed by atoms with Crippen LogP contribution < -0.4 is 10.2 Å². The van der Waals surface area contributed by atoms with Gasteiger partial charge < -0.3 is 14.9 Å². The van der Waals surface area contributed by atoms with Crippen LogP contribution in [0.3, 0.4) is 0 Å². The summed E-state index contributed by atoms with van der Waals surface area (Å²) >= 11 is 0. The maximum Gasteiger partial charge on any atom is 0.255 e. The number of hydrogen-bond donors (Lipinski definition) is 2. The molecule has 150 valence electrons. The van der Waals surface area contributed by atoms with E-state index in [1.54, 1.807) is 4.90 Å². The SMILES string of the molecule is O=C1CCC(N2Cc3c(cccc3N3CCC(CCCO)CC3)C2=O)C(=O)N1. The van der Waals surface area contributed by atoms with Crippen molar-refractivity contribution in [3.8, 4) is 0 Å². The summed E-state index contributed by atoms with van der Waals surface area (Å²) < 4.78 is 0. The number of hydrogen-bond acceptors (Lipinski definition) is 5. The zero-order valence-electron chi connectivity index (χ0n) is 16.0. The van der Waals surface area contributed by atoms with Gasteiger partial charge in [-0.2, -0.15) is 0 Å². The van der Waals surface area contributed by atoms with Crippen LogP contribution in [-0.2, 0) is 16.1 Å². The van der Waals surface area contributed by atoms with Gasteiger partial charge in [0.25, 0.3) is 5.91 Å². The third-order valence-electron chi connectivity index (χ3n) is 6.28. The Morgan fingerprint density at radius 2 is 1.89 bits per heavy atom. The van der Waals surface area contributed by atoms with Crippen molar-refractivity contribution in [2.45, 2.75) is 51.1 Å². The summed E-state index contributed by atoms with van der Waals surface area (Å²) in [6, 6.07) is 5.24. The fourth-order valence-corrected chi connectivity index (χ4v) is 4.71. The standard InChI is InChI=1S/C21H27N3O4/c25-12-2-3-14-8-10-23(11-9-14)17-5-1-4-15-16(17)13-24(21(15)28)18-6-7-19(26)22-20(18)27/h1,4-5,14,18,25H,2-3,6-13H2,(H,22,26,27). The highest BCUT2D eigenvalue weighted by Gasteiger charge is 2.40. The van der Waals surface area contributed by atoms with Crippen molar-refractivity contribution in [3.63, 3.8) is 0 Å². The summed E-state index contributed by atoms with van der Waals surface area (Å²) in [6.07, 6.45) is 4.77. The van der Waals surface area contributed by atoms with Gasteiger partial charge in [0.2, 0.25) is 11.8 Å². The highest BCUT2D eigenvalue weighted by Crippen LogP contribution is 2.36. The van der Waals surface area contributed by atoms with E-state index < -0.39 is 6.04 Å². The Morgan fingerprint density at radius 1 is 1.11 bits per heavy atom. The van der Waals surface area contributed by atoms with Crippen LogP contribution in [0.5, 0.6) is 0 Å². The van der Waals surface area contributed by atoms with Gasteiger partial charge in [0.15, 0.2) is 0 Å². The summed E-state index contributed by atoms with van der Waals surface area (Å²) in [4.78, 5) is 40.6. The monoisotopic (exact) mass is 385 g/mol. The molecule has 3 amide bonds. The molecule has 3 heterocycles. The number of aliphatic hydroxyl groups excluding tert-OH is 1. The van der Waals surface area contributed by atoms with Crippen molar-refractivity contribution in [2.24, 2.45) is 5.92 Å². The highest BCUT2D eigenvalue weighted by molar-refractivity contribution is 6.06. The van der Waals surface area contributed by atoms with Gasteiger partial charge in [0, 0.05) is 49.5 Å². The van der Waals surface area contributed by atoms with E-state index in [1.807, 2.05) is 12.1 Å². The van der Waals surface area contributed by atoms with Crippen molar-refractivity contribution in [2.75, 3.05) is 24.6 Å². The molecule has 0 saturated carbocycles. The van der Waals surface area contributed by atoms with Crippen LogP contribution in [0.25, 0.3) is 0 Å². The molecule has 0 bridgehead atoms. The van der Waals surface area contributed by atoms with Crippen molar-refractivity contribution < 1.29 is 19.5 Å². The van der Waals surface area contributed by atoms with Crippen molar-refractivity contribution in [1.82, 2.24) is 10.2 Å². The van der Waals surface area contributed by atoms with Gasteiger partial charge in [-0.1, -0.05) is 6.07 Å². The molecule has 2 saturated heterocycles. The van der Waals surface area contributed by atoms with Crippen LogP contribution in [0, 0.1) is 5.92 Å². The van der Waals surface area contributed by atoms with Crippen LogP contribution >= 0.6 is 0 Å². The van der Waals surface area contributed by atoms with Crippen LogP contribution in [-0.4, -0.2) is 53.5 Å². The van der Waals surface area contributed by atoms with E-state index in [1.165, 1.54) is 0 Å². The number of aliphatic hydroxyl groups is 1. The molecule has 2 N–H and O–H groups in total. The second-order valence-electron chi connectivity index (χ2n) is 8.00. The van der Waals surface area contributed by atoms with E-state index in [0.717, 1.165) is 50.0 Å². The van der Waals surface area contributed by atoms with Crippen molar-refractivity contribution in [1.29, 1.82) is 0 Å². The predicted octanol–water partition coefficient (Wildman–Crippen LogP) is 1.44. The normalized spacial score (nSPS) is 23.2. The first-order valence-electron chi connectivity index (χ1n) is 10.2. The zero-order chi connectivity index (χ0) is 19.7. The number of anilines is 1. The van der Waals surface area contributed by atoms with Gasteiger partial charge in [0.1, 0.15) is 6.04 Å². The van der Waals surface area contributed by atoms with Gasteiger partial charge in [-0.15, -0.1) is 0 Å². The molecule has 3 aliphatic rings. The number of piperidine rings is 2. The number of fused-ring (bicyclic) bond motifs is 1. The summed E-state index contributed by atoms with van der Waals surface area (Å²) in [5, 5.41) is 11.4. The Labute approximate surface area is 164 Å². The van der Waals surface area contributed by atoms with Crippen LogP contribution in [0.15, 0.2) is 18.2 Å². The molecular weight excluding hydrogens is 358 g/mol. The highest BCUT2D eigenvalue weighted by atomic mass is 16.3. The number of rotatable bonds is 5. The lowest BCUT2D eigenvalue weighted by atomic mass is 9.91. The Kier molecular flexibility index (Phi) is 5.35. The Hall–Kier alpha value is -2.41. The van der Waals surface area contributed by atoms with Crippen LogP contribution in [0.1, 0.15) is 54.4 Å². The molecular formula is C21H27N3O4. The molecule has 0 spiro atoms. The van der Waals surface area contributed by atoms with E-state index >= 15 is 0 Å². The molecule has 1 aromatic rings. The molecule has 0 aliphatic carbocycles. The third kappa shape index (κ3) is 3.51. The van der Waals surface area contributed by atoms with Gasteiger partial charge in [0.05, 0.1) is 0 Å². The first kappa shape index (κ1) is 18.9. The lowest BCUT2D eigenvalue weighted by Crippen LogP contribution is -2.52. The van der Waals surface area contributed by atoms with Crippen LogP contribution in [0.2, 0.25) is 0 Å². The first-order chi connectivity index (χ1) is 13.6. The summed E-state index contributed by atoms with van der Waals surface area (Å²) in [6.45, 7) is 2.56. The number of carbonyl (C=O) groups is 3. The maximum atomic E-state index is 12.9. The summed E-state index contributed by atoms with van der Waals surface area (Å²) in [5.41, 5.74) is 2.75. The molecule has 4 rings (SSSR count). The van der Waals surface area contributed by atoms with Gasteiger partial charge >= 0.3 is 0 Å².